The lowest BCUT2D eigenvalue weighted by Gasteiger charge is -2.17. The van der Waals surface area contributed by atoms with E-state index in [1.54, 1.807) is 10.4 Å². The van der Waals surface area contributed by atoms with Gasteiger partial charge in [-0.2, -0.15) is 0 Å². The summed E-state index contributed by atoms with van der Waals surface area (Å²) in [5, 5.41) is 3.71. The molecule has 1 atom stereocenters. The Bertz CT molecular complexity index is 569. The number of nitrogens with one attached hydrogen (secondary N) is 1. The van der Waals surface area contributed by atoms with Crippen LogP contribution in [0.2, 0.25) is 0 Å². The van der Waals surface area contributed by atoms with Crippen LogP contribution in [0.1, 0.15) is 46.7 Å². The van der Waals surface area contributed by atoms with E-state index in [1.165, 1.54) is 29.7 Å². The highest BCUT2D eigenvalue weighted by Crippen LogP contribution is 2.31. The maximum Gasteiger partial charge on any atom is 0.0321 e. The molecule has 0 aliphatic heterocycles. The Labute approximate surface area is 133 Å². The van der Waals surface area contributed by atoms with E-state index in [2.05, 4.69) is 58.5 Å². The molecular formula is C17H20BrNS. The van der Waals surface area contributed by atoms with Gasteiger partial charge in [0.1, 0.15) is 0 Å². The lowest BCUT2D eigenvalue weighted by atomic mass is 10.0. The number of hydrogen-bond acceptors (Lipinski definition) is 2. The zero-order chi connectivity index (χ0) is 13.9. The molecule has 1 aromatic carbocycles. The summed E-state index contributed by atoms with van der Waals surface area (Å²) in [6.07, 6.45) is 5.05. The molecule has 106 valence electrons. The SMILES string of the molecule is CCC(NCc1cc2c(s1)CCC2)c1cccc(Br)c1. The molecule has 1 heterocycles. The van der Waals surface area contributed by atoms with Gasteiger partial charge in [0.25, 0.3) is 0 Å². The Kier molecular flexibility index (Phi) is 4.59. The zero-order valence-electron chi connectivity index (χ0n) is 11.8. The summed E-state index contributed by atoms with van der Waals surface area (Å²) in [6.45, 7) is 3.23. The van der Waals surface area contributed by atoms with Crippen molar-refractivity contribution in [2.75, 3.05) is 0 Å². The Hall–Kier alpha value is -0.640. The van der Waals surface area contributed by atoms with Crippen molar-refractivity contribution >= 4 is 27.3 Å². The number of benzene rings is 1. The standard InChI is InChI=1S/C17H20BrNS/c1-2-16(12-5-3-7-14(18)9-12)19-11-15-10-13-6-4-8-17(13)20-15/h3,5,7,9-10,16,19H,2,4,6,8,11H2,1H3. The minimum absolute atomic E-state index is 0.435. The van der Waals surface area contributed by atoms with Gasteiger partial charge in [-0.25, -0.2) is 0 Å². The van der Waals surface area contributed by atoms with Gasteiger partial charge in [-0.1, -0.05) is 35.0 Å². The lowest BCUT2D eigenvalue weighted by Crippen LogP contribution is -2.19. The fraction of sp³-hybridized carbons (Fsp3) is 0.412. The summed E-state index contributed by atoms with van der Waals surface area (Å²) in [4.78, 5) is 3.11. The Morgan fingerprint density at radius 3 is 2.95 bits per heavy atom. The predicted octanol–water partition coefficient (Wildman–Crippen LogP) is 5.24. The van der Waals surface area contributed by atoms with Crippen LogP contribution in [-0.4, -0.2) is 0 Å². The highest BCUT2D eigenvalue weighted by atomic mass is 79.9. The molecule has 0 radical (unpaired) electrons. The third kappa shape index (κ3) is 3.16. The maximum absolute atomic E-state index is 3.71. The largest absolute Gasteiger partial charge is 0.305 e. The molecule has 1 nitrogen and oxygen atoms in total. The molecule has 0 saturated heterocycles. The van der Waals surface area contributed by atoms with E-state index >= 15 is 0 Å². The molecule has 1 N–H and O–H groups in total. The van der Waals surface area contributed by atoms with E-state index in [-0.39, 0.29) is 0 Å². The van der Waals surface area contributed by atoms with E-state index in [1.807, 2.05) is 11.3 Å². The zero-order valence-corrected chi connectivity index (χ0v) is 14.2. The number of fused-ring (bicyclic) bond motifs is 1. The highest BCUT2D eigenvalue weighted by molar-refractivity contribution is 9.10. The second kappa shape index (κ2) is 6.42. The first kappa shape index (κ1) is 14.3. The van der Waals surface area contributed by atoms with E-state index in [0.29, 0.717) is 6.04 Å². The smallest absolute Gasteiger partial charge is 0.0321 e. The number of hydrogen-bond donors (Lipinski definition) is 1. The number of rotatable bonds is 5. The maximum atomic E-state index is 3.71. The predicted molar refractivity (Wildman–Crippen MR) is 90.4 cm³/mol. The van der Waals surface area contributed by atoms with Gasteiger partial charge in [-0.05, 0) is 55.0 Å². The monoisotopic (exact) mass is 349 g/mol. The van der Waals surface area contributed by atoms with Gasteiger partial charge in [0, 0.05) is 26.8 Å². The van der Waals surface area contributed by atoms with Crippen LogP contribution >= 0.6 is 27.3 Å². The van der Waals surface area contributed by atoms with Crippen molar-refractivity contribution in [1.29, 1.82) is 0 Å². The molecule has 1 aromatic heterocycles. The average molecular weight is 350 g/mol. The van der Waals surface area contributed by atoms with Crippen LogP contribution in [0.5, 0.6) is 0 Å². The second-order valence-electron chi connectivity index (χ2n) is 5.41. The molecular weight excluding hydrogens is 330 g/mol. The fourth-order valence-corrected chi connectivity index (χ4v) is 4.55. The van der Waals surface area contributed by atoms with E-state index < -0.39 is 0 Å². The molecule has 0 saturated carbocycles. The van der Waals surface area contributed by atoms with Crippen molar-refractivity contribution in [3.8, 4) is 0 Å². The molecule has 2 aromatic rings. The minimum Gasteiger partial charge on any atom is -0.305 e. The van der Waals surface area contributed by atoms with Crippen molar-refractivity contribution in [2.45, 2.75) is 45.2 Å². The van der Waals surface area contributed by atoms with Gasteiger partial charge in [0.05, 0.1) is 0 Å². The van der Waals surface area contributed by atoms with Gasteiger partial charge in [0.2, 0.25) is 0 Å². The molecule has 0 bridgehead atoms. The first-order valence-corrected chi connectivity index (χ1v) is 8.96. The Morgan fingerprint density at radius 1 is 1.30 bits per heavy atom. The van der Waals surface area contributed by atoms with Crippen LogP contribution in [0.15, 0.2) is 34.8 Å². The third-order valence-corrected chi connectivity index (χ3v) is 5.71. The van der Waals surface area contributed by atoms with Gasteiger partial charge in [0.15, 0.2) is 0 Å². The van der Waals surface area contributed by atoms with Gasteiger partial charge >= 0.3 is 0 Å². The summed E-state index contributed by atoms with van der Waals surface area (Å²) >= 11 is 5.56. The molecule has 0 spiro atoms. The minimum atomic E-state index is 0.435. The van der Waals surface area contributed by atoms with Crippen molar-refractivity contribution in [1.82, 2.24) is 5.32 Å². The molecule has 0 amide bonds. The van der Waals surface area contributed by atoms with E-state index in [4.69, 9.17) is 0 Å². The topological polar surface area (TPSA) is 12.0 Å². The quantitative estimate of drug-likeness (QED) is 0.778. The highest BCUT2D eigenvalue weighted by Gasteiger charge is 2.15. The van der Waals surface area contributed by atoms with Crippen LogP contribution in [0.3, 0.4) is 0 Å². The van der Waals surface area contributed by atoms with Crippen molar-refractivity contribution in [3.05, 3.63) is 55.7 Å². The summed E-state index contributed by atoms with van der Waals surface area (Å²) in [5.41, 5.74) is 2.97. The molecule has 20 heavy (non-hydrogen) atoms. The van der Waals surface area contributed by atoms with E-state index in [9.17, 15) is 0 Å². The number of aryl methyl sites for hydroxylation is 2. The van der Waals surface area contributed by atoms with Gasteiger partial charge in [-0.15, -0.1) is 11.3 Å². The number of thiophene rings is 1. The lowest BCUT2D eigenvalue weighted by molar-refractivity contribution is 0.521. The first-order chi connectivity index (χ1) is 9.76. The summed E-state index contributed by atoms with van der Waals surface area (Å²) in [7, 11) is 0. The van der Waals surface area contributed by atoms with Crippen molar-refractivity contribution in [3.63, 3.8) is 0 Å². The Morgan fingerprint density at radius 2 is 2.20 bits per heavy atom. The molecule has 1 aliphatic carbocycles. The van der Waals surface area contributed by atoms with E-state index in [0.717, 1.165) is 17.4 Å². The average Bonchev–Trinajstić information content (AvgIpc) is 3.00. The second-order valence-corrected chi connectivity index (χ2v) is 7.55. The molecule has 1 unspecified atom stereocenters. The first-order valence-electron chi connectivity index (χ1n) is 7.35. The van der Waals surface area contributed by atoms with Crippen LogP contribution < -0.4 is 5.32 Å². The molecule has 3 rings (SSSR count). The summed E-state index contributed by atoms with van der Waals surface area (Å²) in [6, 6.07) is 11.5. The van der Waals surface area contributed by atoms with Gasteiger partial charge < -0.3 is 5.32 Å². The molecule has 1 aliphatic rings. The molecule has 3 heteroatoms. The van der Waals surface area contributed by atoms with Crippen molar-refractivity contribution < 1.29 is 0 Å². The Balaban J connectivity index is 1.66. The van der Waals surface area contributed by atoms with Crippen LogP contribution in [0, 0.1) is 0 Å². The normalized spacial score (nSPS) is 15.3. The third-order valence-electron chi connectivity index (χ3n) is 3.98. The molecule has 0 fully saturated rings. The fourth-order valence-electron chi connectivity index (χ4n) is 2.92. The number of halogens is 1. The summed E-state index contributed by atoms with van der Waals surface area (Å²) in [5.74, 6) is 0. The summed E-state index contributed by atoms with van der Waals surface area (Å²) < 4.78 is 1.16. The van der Waals surface area contributed by atoms with Crippen LogP contribution in [0.25, 0.3) is 0 Å². The van der Waals surface area contributed by atoms with Crippen LogP contribution in [-0.2, 0) is 19.4 Å². The van der Waals surface area contributed by atoms with Crippen molar-refractivity contribution in [2.24, 2.45) is 0 Å². The van der Waals surface area contributed by atoms with Gasteiger partial charge in [-0.3, -0.25) is 0 Å². The van der Waals surface area contributed by atoms with Crippen LogP contribution in [0.4, 0.5) is 0 Å².